The van der Waals surface area contributed by atoms with Gasteiger partial charge in [-0.05, 0) is 40.2 Å². The van der Waals surface area contributed by atoms with Gasteiger partial charge in [-0.15, -0.1) is 0 Å². The molecule has 1 aliphatic heterocycles. The van der Waals surface area contributed by atoms with Crippen molar-refractivity contribution < 1.29 is 13.2 Å². The van der Waals surface area contributed by atoms with E-state index in [1.165, 1.54) is 12.1 Å². The van der Waals surface area contributed by atoms with E-state index in [4.69, 9.17) is 5.14 Å². The number of benzene rings is 1. The molecule has 1 aromatic carbocycles. The van der Waals surface area contributed by atoms with Crippen LogP contribution in [0.1, 0.15) is 0 Å². The zero-order valence-electron chi connectivity index (χ0n) is 14.1. The number of nitrogens with two attached hydrogens (primary N) is 1. The van der Waals surface area contributed by atoms with E-state index in [-0.39, 0.29) is 10.9 Å². The molecule has 144 valence electrons. The SMILES string of the molecule is NS(=O)(=O)c1ccc(Nc2ncc(Br)c(NCCN3CCNC3=O)n2)cc1. The van der Waals surface area contributed by atoms with E-state index in [9.17, 15) is 13.2 Å². The van der Waals surface area contributed by atoms with E-state index in [1.54, 1.807) is 23.2 Å². The minimum atomic E-state index is -3.73. The van der Waals surface area contributed by atoms with Crippen LogP contribution in [0.3, 0.4) is 0 Å². The smallest absolute Gasteiger partial charge is 0.317 e. The van der Waals surface area contributed by atoms with Crippen molar-refractivity contribution in [3.8, 4) is 0 Å². The first-order valence-electron chi connectivity index (χ1n) is 8.02. The summed E-state index contributed by atoms with van der Waals surface area (Å²) in [7, 11) is -3.73. The highest BCUT2D eigenvalue weighted by Crippen LogP contribution is 2.22. The molecular formula is C15H18BrN7O3S. The summed E-state index contributed by atoms with van der Waals surface area (Å²) >= 11 is 3.38. The molecule has 0 atom stereocenters. The third-order valence-corrected chi connectivity index (χ3v) is 5.31. The molecule has 1 aromatic heterocycles. The number of nitrogens with one attached hydrogen (secondary N) is 3. The first-order valence-corrected chi connectivity index (χ1v) is 10.4. The van der Waals surface area contributed by atoms with E-state index in [0.29, 0.717) is 48.1 Å². The number of carbonyl (C=O) groups excluding carboxylic acids is 1. The predicted octanol–water partition coefficient (Wildman–Crippen LogP) is 1.07. The van der Waals surface area contributed by atoms with Gasteiger partial charge in [-0.25, -0.2) is 23.3 Å². The van der Waals surface area contributed by atoms with Gasteiger partial charge in [0.05, 0.1) is 9.37 Å². The average molecular weight is 456 g/mol. The van der Waals surface area contributed by atoms with Crippen molar-refractivity contribution in [3.63, 3.8) is 0 Å². The summed E-state index contributed by atoms with van der Waals surface area (Å²) < 4.78 is 23.3. The van der Waals surface area contributed by atoms with Crippen LogP contribution < -0.4 is 21.1 Å². The maximum Gasteiger partial charge on any atom is 0.317 e. The summed E-state index contributed by atoms with van der Waals surface area (Å²) in [5.74, 6) is 0.913. The van der Waals surface area contributed by atoms with Crippen LogP contribution in [0.5, 0.6) is 0 Å². The predicted molar refractivity (Wildman–Crippen MR) is 104 cm³/mol. The van der Waals surface area contributed by atoms with E-state index in [0.717, 1.165) is 0 Å². The van der Waals surface area contributed by atoms with Gasteiger partial charge >= 0.3 is 6.03 Å². The number of nitrogens with zero attached hydrogens (tertiary/aromatic N) is 3. The van der Waals surface area contributed by atoms with Gasteiger partial charge in [-0.2, -0.15) is 4.98 Å². The van der Waals surface area contributed by atoms with Gasteiger partial charge < -0.3 is 20.9 Å². The van der Waals surface area contributed by atoms with E-state index >= 15 is 0 Å². The monoisotopic (exact) mass is 455 g/mol. The highest BCUT2D eigenvalue weighted by atomic mass is 79.9. The van der Waals surface area contributed by atoms with Crippen LogP contribution in [-0.4, -0.2) is 55.5 Å². The van der Waals surface area contributed by atoms with Crippen LogP contribution in [0.25, 0.3) is 0 Å². The lowest BCUT2D eigenvalue weighted by Gasteiger charge is -2.15. The maximum absolute atomic E-state index is 11.5. The summed E-state index contributed by atoms with van der Waals surface area (Å²) in [4.78, 5) is 21.8. The number of rotatable bonds is 7. The Balaban J connectivity index is 1.63. The standard InChI is InChI=1S/C15H18BrN7O3S/c16-12-9-20-14(21-10-1-3-11(4-2-10)27(17,25)26)22-13(12)18-5-7-23-8-6-19-15(23)24/h1-4,9H,5-8H2,(H,19,24)(H2,17,25,26)(H2,18,20,21,22). The molecule has 2 amide bonds. The number of carbonyl (C=O) groups is 1. The third-order valence-electron chi connectivity index (χ3n) is 3.80. The van der Waals surface area contributed by atoms with Gasteiger partial charge in [0.1, 0.15) is 5.82 Å². The molecule has 1 saturated heterocycles. The summed E-state index contributed by atoms with van der Waals surface area (Å²) in [5, 5.41) is 14.0. The molecule has 12 heteroatoms. The second kappa shape index (κ2) is 8.06. The first-order chi connectivity index (χ1) is 12.8. The number of urea groups is 1. The van der Waals surface area contributed by atoms with Crippen molar-refractivity contribution in [1.82, 2.24) is 20.2 Å². The van der Waals surface area contributed by atoms with E-state index in [1.807, 2.05) is 0 Å². The molecule has 2 heterocycles. The molecule has 1 fully saturated rings. The van der Waals surface area contributed by atoms with Crippen molar-refractivity contribution in [2.75, 3.05) is 36.8 Å². The number of primary sulfonamides is 1. The molecule has 0 aliphatic carbocycles. The lowest BCUT2D eigenvalue weighted by atomic mass is 10.3. The molecule has 3 rings (SSSR count). The number of hydrogen-bond donors (Lipinski definition) is 4. The Labute approximate surface area is 164 Å². The molecule has 0 bridgehead atoms. The van der Waals surface area contributed by atoms with Crippen LogP contribution in [0, 0.1) is 0 Å². The normalized spacial score (nSPS) is 14.1. The number of aromatic nitrogens is 2. The molecule has 0 spiro atoms. The molecule has 1 aliphatic rings. The number of halogens is 1. The van der Waals surface area contributed by atoms with E-state index < -0.39 is 10.0 Å². The van der Waals surface area contributed by atoms with E-state index in [2.05, 4.69) is 41.8 Å². The Morgan fingerprint density at radius 2 is 2.04 bits per heavy atom. The Hall–Kier alpha value is -2.44. The number of hydrogen-bond acceptors (Lipinski definition) is 7. The molecule has 5 N–H and O–H groups in total. The second-order valence-corrected chi connectivity index (χ2v) is 8.15. The van der Waals surface area contributed by atoms with Crippen LogP contribution >= 0.6 is 15.9 Å². The number of anilines is 3. The molecule has 0 radical (unpaired) electrons. The Morgan fingerprint density at radius 1 is 1.30 bits per heavy atom. The van der Waals surface area contributed by atoms with Gasteiger partial charge in [-0.1, -0.05) is 0 Å². The Morgan fingerprint density at radius 3 is 2.67 bits per heavy atom. The van der Waals surface area contributed by atoms with Gasteiger partial charge in [0, 0.05) is 38.1 Å². The summed E-state index contributed by atoms with van der Waals surface area (Å²) in [6, 6.07) is 5.88. The fourth-order valence-electron chi connectivity index (χ4n) is 2.44. The van der Waals surface area contributed by atoms with Gasteiger partial charge in [-0.3, -0.25) is 0 Å². The fraction of sp³-hybridized carbons (Fsp3) is 0.267. The summed E-state index contributed by atoms with van der Waals surface area (Å²) in [5.41, 5.74) is 0.615. The van der Waals surface area contributed by atoms with Crippen molar-refractivity contribution in [1.29, 1.82) is 0 Å². The second-order valence-electron chi connectivity index (χ2n) is 5.73. The zero-order valence-corrected chi connectivity index (χ0v) is 16.5. The largest absolute Gasteiger partial charge is 0.367 e. The highest BCUT2D eigenvalue weighted by Gasteiger charge is 2.18. The Kier molecular flexibility index (Phi) is 5.77. The molecular weight excluding hydrogens is 438 g/mol. The fourth-order valence-corrected chi connectivity index (χ4v) is 3.29. The van der Waals surface area contributed by atoms with Crippen LogP contribution in [0.2, 0.25) is 0 Å². The molecule has 0 saturated carbocycles. The lowest BCUT2D eigenvalue weighted by molar-refractivity contribution is 0.219. The minimum absolute atomic E-state index is 0.0260. The number of sulfonamides is 1. The molecule has 0 unspecified atom stereocenters. The average Bonchev–Trinajstić information content (AvgIpc) is 3.02. The number of amides is 2. The minimum Gasteiger partial charge on any atom is -0.367 e. The quantitative estimate of drug-likeness (QED) is 0.488. The lowest BCUT2D eigenvalue weighted by Crippen LogP contribution is -2.32. The molecule has 10 nitrogen and oxygen atoms in total. The third kappa shape index (κ3) is 5.05. The summed E-state index contributed by atoms with van der Waals surface area (Å²) in [6.07, 6.45) is 1.60. The maximum atomic E-state index is 11.5. The van der Waals surface area contributed by atoms with Crippen molar-refractivity contribution in [2.24, 2.45) is 5.14 Å². The zero-order chi connectivity index (χ0) is 19.4. The van der Waals surface area contributed by atoms with Crippen molar-refractivity contribution >= 4 is 49.4 Å². The first kappa shape index (κ1) is 19.3. The van der Waals surface area contributed by atoms with Crippen LogP contribution in [0.15, 0.2) is 39.8 Å². The van der Waals surface area contributed by atoms with Crippen molar-refractivity contribution in [3.05, 3.63) is 34.9 Å². The van der Waals surface area contributed by atoms with Gasteiger partial charge in [0.15, 0.2) is 0 Å². The van der Waals surface area contributed by atoms with Crippen LogP contribution in [0.4, 0.5) is 22.2 Å². The molecule has 2 aromatic rings. The van der Waals surface area contributed by atoms with Crippen molar-refractivity contribution in [2.45, 2.75) is 4.90 Å². The molecule has 27 heavy (non-hydrogen) atoms. The Bertz CT molecular complexity index is 937. The summed E-state index contributed by atoms with van der Waals surface area (Å²) in [6.45, 7) is 2.44. The van der Waals surface area contributed by atoms with Gasteiger partial charge in [0.2, 0.25) is 16.0 Å². The van der Waals surface area contributed by atoms with Crippen LogP contribution in [-0.2, 0) is 10.0 Å². The highest BCUT2D eigenvalue weighted by molar-refractivity contribution is 9.10. The topological polar surface area (TPSA) is 142 Å². The van der Waals surface area contributed by atoms with Gasteiger partial charge in [0.25, 0.3) is 0 Å².